The molecule has 1 atom stereocenters. The Labute approximate surface area is 182 Å². The Hall–Kier alpha value is -3.32. The van der Waals surface area contributed by atoms with Crippen molar-refractivity contribution in [2.45, 2.75) is 13.0 Å². The Bertz CT molecular complexity index is 1010. The molecule has 1 amide bonds. The van der Waals surface area contributed by atoms with E-state index in [2.05, 4.69) is 0 Å². The first-order valence-electron chi connectivity index (χ1n) is 10.0. The smallest absolute Gasteiger partial charge is 0.295 e. The van der Waals surface area contributed by atoms with E-state index in [-0.39, 0.29) is 11.3 Å². The molecule has 0 saturated carbocycles. The molecule has 1 N–H and O–H groups in total. The molecule has 7 heteroatoms. The van der Waals surface area contributed by atoms with Crippen LogP contribution >= 0.6 is 0 Å². The molecule has 1 saturated heterocycles. The largest absolute Gasteiger partial charge is 0.507 e. The zero-order valence-electron chi connectivity index (χ0n) is 18.5. The van der Waals surface area contributed by atoms with Gasteiger partial charge in [-0.2, -0.15) is 0 Å². The van der Waals surface area contributed by atoms with Crippen molar-refractivity contribution in [2.75, 3.05) is 41.4 Å². The minimum atomic E-state index is -0.698. The highest BCUT2D eigenvalue weighted by Gasteiger charge is 2.45. The number of aliphatic hydroxyl groups is 1. The lowest BCUT2D eigenvalue weighted by Crippen LogP contribution is -2.35. The number of benzene rings is 2. The minimum Gasteiger partial charge on any atom is -0.507 e. The van der Waals surface area contributed by atoms with Gasteiger partial charge in [-0.25, -0.2) is 0 Å². The topological polar surface area (TPSA) is 79.3 Å². The van der Waals surface area contributed by atoms with E-state index in [0.29, 0.717) is 30.2 Å². The first-order valence-corrected chi connectivity index (χ1v) is 10.0. The van der Waals surface area contributed by atoms with Crippen molar-refractivity contribution in [1.29, 1.82) is 0 Å². The molecule has 1 aliphatic heterocycles. The van der Waals surface area contributed by atoms with Crippen LogP contribution in [0.4, 0.5) is 0 Å². The van der Waals surface area contributed by atoms with Gasteiger partial charge in [0.1, 0.15) is 5.76 Å². The second kappa shape index (κ2) is 9.22. The van der Waals surface area contributed by atoms with Gasteiger partial charge in [-0.1, -0.05) is 29.8 Å². The predicted octanol–water partition coefficient (Wildman–Crippen LogP) is 3.00. The first kappa shape index (κ1) is 22.4. The van der Waals surface area contributed by atoms with Gasteiger partial charge in [0, 0.05) is 18.7 Å². The molecule has 0 spiro atoms. The van der Waals surface area contributed by atoms with Crippen LogP contribution in [0.1, 0.15) is 22.7 Å². The normalized spacial score (nSPS) is 18.0. The molecule has 164 valence electrons. The van der Waals surface area contributed by atoms with E-state index < -0.39 is 17.7 Å². The van der Waals surface area contributed by atoms with Gasteiger partial charge in [-0.15, -0.1) is 0 Å². The van der Waals surface area contributed by atoms with Gasteiger partial charge >= 0.3 is 0 Å². The van der Waals surface area contributed by atoms with Crippen LogP contribution in [-0.2, 0) is 9.59 Å². The maximum Gasteiger partial charge on any atom is 0.295 e. The van der Waals surface area contributed by atoms with Crippen LogP contribution in [0.3, 0.4) is 0 Å². The molecule has 0 radical (unpaired) electrons. The van der Waals surface area contributed by atoms with E-state index >= 15 is 0 Å². The standard InChI is InChI=1S/C24H28N2O5/c1-15-6-8-16(9-7-15)21-20(23(28)24(29)26(21)13-12-25(2)3)22(27)17-10-11-18(30-4)19(14-17)31-5/h6-11,14,21,27H,12-13H2,1-5H3/b22-20+/t21-/m0/s1. The summed E-state index contributed by atoms with van der Waals surface area (Å²) in [4.78, 5) is 29.4. The molecular formula is C24H28N2O5. The molecule has 1 aliphatic rings. The van der Waals surface area contributed by atoms with Crippen molar-refractivity contribution in [2.24, 2.45) is 0 Å². The molecular weight excluding hydrogens is 396 g/mol. The van der Waals surface area contributed by atoms with Crippen LogP contribution in [0.25, 0.3) is 5.76 Å². The lowest BCUT2D eigenvalue weighted by Gasteiger charge is -2.26. The summed E-state index contributed by atoms with van der Waals surface area (Å²) in [6, 6.07) is 11.8. The monoisotopic (exact) mass is 424 g/mol. The number of carbonyl (C=O) groups excluding carboxylic acids is 2. The Morgan fingerprint density at radius 1 is 1.03 bits per heavy atom. The van der Waals surface area contributed by atoms with Crippen LogP contribution in [-0.4, -0.2) is 68.0 Å². The molecule has 2 aromatic rings. The van der Waals surface area contributed by atoms with Crippen molar-refractivity contribution in [3.05, 3.63) is 64.7 Å². The summed E-state index contributed by atoms with van der Waals surface area (Å²) >= 11 is 0. The van der Waals surface area contributed by atoms with E-state index in [9.17, 15) is 14.7 Å². The van der Waals surface area contributed by atoms with Crippen molar-refractivity contribution in [3.8, 4) is 11.5 Å². The molecule has 0 bridgehead atoms. The molecule has 1 fully saturated rings. The Morgan fingerprint density at radius 3 is 2.26 bits per heavy atom. The van der Waals surface area contributed by atoms with Crippen molar-refractivity contribution in [3.63, 3.8) is 0 Å². The van der Waals surface area contributed by atoms with Crippen LogP contribution in [0.15, 0.2) is 48.0 Å². The highest BCUT2D eigenvalue weighted by atomic mass is 16.5. The fraction of sp³-hybridized carbons (Fsp3) is 0.333. The predicted molar refractivity (Wildman–Crippen MR) is 118 cm³/mol. The molecule has 0 unspecified atom stereocenters. The zero-order valence-corrected chi connectivity index (χ0v) is 18.5. The Morgan fingerprint density at radius 2 is 1.68 bits per heavy atom. The molecule has 0 aromatic heterocycles. The highest BCUT2D eigenvalue weighted by molar-refractivity contribution is 6.46. The molecule has 2 aromatic carbocycles. The number of hydrogen-bond donors (Lipinski definition) is 1. The number of nitrogens with zero attached hydrogens (tertiary/aromatic N) is 2. The SMILES string of the molecule is COc1ccc(/C(O)=C2\C(=O)C(=O)N(CCN(C)C)[C@H]2c2ccc(C)cc2)cc1OC. The summed E-state index contributed by atoms with van der Waals surface area (Å²) in [5, 5.41) is 11.1. The number of ether oxygens (including phenoxy) is 2. The van der Waals surface area contributed by atoms with Gasteiger partial charge in [0.05, 0.1) is 25.8 Å². The number of amides is 1. The first-order chi connectivity index (χ1) is 14.8. The van der Waals surface area contributed by atoms with Crippen LogP contribution in [0.2, 0.25) is 0 Å². The lowest BCUT2D eigenvalue weighted by molar-refractivity contribution is -0.140. The quantitative estimate of drug-likeness (QED) is 0.418. The maximum atomic E-state index is 13.0. The summed E-state index contributed by atoms with van der Waals surface area (Å²) in [5.41, 5.74) is 2.28. The van der Waals surface area contributed by atoms with Crippen molar-refractivity contribution in [1.82, 2.24) is 9.80 Å². The third kappa shape index (κ3) is 4.41. The molecule has 1 heterocycles. The van der Waals surface area contributed by atoms with Gasteiger partial charge in [-0.3, -0.25) is 9.59 Å². The number of aliphatic hydroxyl groups excluding tert-OH is 1. The minimum absolute atomic E-state index is 0.0693. The second-order valence-corrected chi connectivity index (χ2v) is 7.78. The second-order valence-electron chi connectivity index (χ2n) is 7.78. The average molecular weight is 424 g/mol. The number of carbonyl (C=O) groups is 2. The van der Waals surface area contributed by atoms with Crippen LogP contribution in [0.5, 0.6) is 11.5 Å². The summed E-state index contributed by atoms with van der Waals surface area (Å²) in [6.45, 7) is 2.92. The number of likely N-dealkylation sites (tertiary alicyclic amines) is 1. The average Bonchev–Trinajstić information content (AvgIpc) is 3.01. The number of likely N-dealkylation sites (N-methyl/N-ethyl adjacent to an activating group) is 1. The molecule has 0 aliphatic carbocycles. The number of hydrogen-bond acceptors (Lipinski definition) is 6. The summed E-state index contributed by atoms with van der Waals surface area (Å²) in [7, 11) is 6.82. The molecule has 3 rings (SSSR count). The third-order valence-corrected chi connectivity index (χ3v) is 5.38. The van der Waals surface area contributed by atoms with E-state index in [0.717, 1.165) is 11.1 Å². The fourth-order valence-corrected chi connectivity index (χ4v) is 3.65. The Kier molecular flexibility index (Phi) is 6.65. The van der Waals surface area contributed by atoms with Crippen LogP contribution in [0, 0.1) is 6.92 Å². The molecule has 7 nitrogen and oxygen atoms in total. The number of methoxy groups -OCH3 is 2. The van der Waals surface area contributed by atoms with Gasteiger partial charge in [0.25, 0.3) is 11.7 Å². The zero-order chi connectivity index (χ0) is 22.7. The number of aryl methyl sites for hydroxylation is 1. The van der Waals surface area contributed by atoms with Gasteiger partial charge in [0.15, 0.2) is 11.5 Å². The van der Waals surface area contributed by atoms with Gasteiger partial charge in [0.2, 0.25) is 0 Å². The van der Waals surface area contributed by atoms with E-state index in [1.165, 1.54) is 19.1 Å². The number of rotatable bonds is 7. The van der Waals surface area contributed by atoms with Crippen molar-refractivity contribution >= 4 is 17.4 Å². The van der Waals surface area contributed by atoms with E-state index in [4.69, 9.17) is 9.47 Å². The summed E-state index contributed by atoms with van der Waals surface area (Å²) in [5.74, 6) is -0.635. The van der Waals surface area contributed by atoms with Gasteiger partial charge < -0.3 is 24.4 Å². The maximum absolute atomic E-state index is 13.0. The third-order valence-electron chi connectivity index (χ3n) is 5.38. The highest BCUT2D eigenvalue weighted by Crippen LogP contribution is 2.40. The summed E-state index contributed by atoms with van der Waals surface area (Å²) in [6.07, 6.45) is 0. The van der Waals surface area contributed by atoms with Crippen molar-refractivity contribution < 1.29 is 24.2 Å². The van der Waals surface area contributed by atoms with Gasteiger partial charge in [-0.05, 0) is 44.8 Å². The number of Topliss-reactive ketones (excluding diaryl/α,β-unsaturated/α-hetero) is 1. The summed E-state index contributed by atoms with van der Waals surface area (Å²) < 4.78 is 10.6. The Balaban J connectivity index is 2.15. The molecule has 31 heavy (non-hydrogen) atoms. The van der Waals surface area contributed by atoms with Crippen LogP contribution < -0.4 is 9.47 Å². The lowest BCUT2D eigenvalue weighted by atomic mass is 9.94. The fourth-order valence-electron chi connectivity index (χ4n) is 3.65. The van der Waals surface area contributed by atoms with E-state index in [1.54, 1.807) is 18.2 Å². The van der Waals surface area contributed by atoms with E-state index in [1.807, 2.05) is 50.2 Å². The number of ketones is 1.